The van der Waals surface area contributed by atoms with E-state index in [-0.39, 0.29) is 0 Å². The molecule has 2 aliphatic heterocycles. The third-order valence-electron chi connectivity index (χ3n) is 4.06. The smallest absolute Gasteiger partial charge is 0.223 e. The van der Waals surface area contributed by atoms with Crippen LogP contribution in [-0.2, 0) is 4.79 Å². The van der Waals surface area contributed by atoms with E-state index in [1.54, 1.807) is 0 Å². The number of nitrogens with zero attached hydrogens (tertiary/aromatic N) is 2. The molecule has 1 amide bonds. The Morgan fingerprint density at radius 1 is 1.41 bits per heavy atom. The highest BCUT2D eigenvalue weighted by molar-refractivity contribution is 5.79. The van der Waals surface area contributed by atoms with Gasteiger partial charge in [0.15, 0.2) is 0 Å². The molecule has 17 heavy (non-hydrogen) atoms. The second-order valence-corrected chi connectivity index (χ2v) is 5.32. The average Bonchev–Trinajstić information content (AvgIpc) is 2.72. The number of piperidine rings is 1. The van der Waals surface area contributed by atoms with Crippen LogP contribution in [-0.4, -0.2) is 47.9 Å². The number of carbonyl (C=O) groups excluding carboxylic acids is 1. The van der Waals surface area contributed by atoms with Gasteiger partial charge in [0.2, 0.25) is 5.91 Å². The van der Waals surface area contributed by atoms with Crippen LogP contribution in [0.25, 0.3) is 0 Å². The number of carbonyl (C=O) groups is 1. The van der Waals surface area contributed by atoms with E-state index in [2.05, 4.69) is 23.3 Å². The SMILES string of the molecule is C=CC1CC(=O)N(C2CCN(CCC)CC2)C1. The fraction of sp³-hybridized carbons (Fsp3) is 0.786. The molecule has 1 unspecified atom stereocenters. The summed E-state index contributed by atoms with van der Waals surface area (Å²) in [6.07, 6.45) is 6.14. The van der Waals surface area contributed by atoms with Crippen molar-refractivity contribution in [2.45, 2.75) is 38.6 Å². The maximum atomic E-state index is 11.9. The van der Waals surface area contributed by atoms with Crippen LogP contribution in [0.4, 0.5) is 0 Å². The molecular weight excluding hydrogens is 212 g/mol. The van der Waals surface area contributed by atoms with Crippen LogP contribution in [0.3, 0.4) is 0 Å². The highest BCUT2D eigenvalue weighted by Gasteiger charge is 2.34. The number of likely N-dealkylation sites (tertiary alicyclic amines) is 2. The van der Waals surface area contributed by atoms with Gasteiger partial charge < -0.3 is 9.80 Å². The van der Waals surface area contributed by atoms with E-state index < -0.39 is 0 Å². The molecule has 0 aromatic carbocycles. The van der Waals surface area contributed by atoms with Crippen LogP contribution in [0.2, 0.25) is 0 Å². The van der Waals surface area contributed by atoms with Crippen molar-refractivity contribution in [3.05, 3.63) is 12.7 Å². The van der Waals surface area contributed by atoms with E-state index in [1.165, 1.54) is 13.0 Å². The third-order valence-corrected chi connectivity index (χ3v) is 4.06. The molecule has 0 bridgehead atoms. The summed E-state index contributed by atoms with van der Waals surface area (Å²) in [5.41, 5.74) is 0. The van der Waals surface area contributed by atoms with Gasteiger partial charge in [-0.1, -0.05) is 13.0 Å². The Bertz CT molecular complexity index is 282. The molecule has 0 aliphatic carbocycles. The number of hydrogen-bond donors (Lipinski definition) is 0. The molecule has 2 aliphatic rings. The van der Waals surface area contributed by atoms with Crippen molar-refractivity contribution in [3.63, 3.8) is 0 Å². The predicted molar refractivity (Wildman–Crippen MR) is 69.8 cm³/mol. The first-order valence-corrected chi connectivity index (χ1v) is 6.89. The van der Waals surface area contributed by atoms with Crippen LogP contribution < -0.4 is 0 Å². The molecule has 0 saturated carbocycles. The van der Waals surface area contributed by atoms with E-state index in [0.717, 1.165) is 32.5 Å². The minimum atomic E-state index is 0.337. The van der Waals surface area contributed by atoms with Crippen LogP contribution in [0.15, 0.2) is 12.7 Å². The maximum absolute atomic E-state index is 11.9. The number of rotatable bonds is 4. The molecule has 3 nitrogen and oxygen atoms in total. The molecule has 0 spiro atoms. The largest absolute Gasteiger partial charge is 0.339 e. The van der Waals surface area contributed by atoms with Gasteiger partial charge in [-0.2, -0.15) is 0 Å². The fourth-order valence-corrected chi connectivity index (χ4v) is 3.04. The second kappa shape index (κ2) is 5.67. The summed E-state index contributed by atoms with van der Waals surface area (Å²) >= 11 is 0. The van der Waals surface area contributed by atoms with Gasteiger partial charge in [-0.15, -0.1) is 6.58 Å². The number of amides is 1. The normalized spacial score (nSPS) is 27.7. The third kappa shape index (κ3) is 2.89. The zero-order chi connectivity index (χ0) is 12.3. The van der Waals surface area contributed by atoms with Gasteiger partial charge >= 0.3 is 0 Å². The van der Waals surface area contributed by atoms with Crippen molar-refractivity contribution in [2.75, 3.05) is 26.2 Å². The van der Waals surface area contributed by atoms with Gasteiger partial charge in [-0.25, -0.2) is 0 Å². The molecule has 2 heterocycles. The molecule has 2 saturated heterocycles. The maximum Gasteiger partial charge on any atom is 0.223 e. The van der Waals surface area contributed by atoms with Crippen molar-refractivity contribution in [3.8, 4) is 0 Å². The zero-order valence-corrected chi connectivity index (χ0v) is 10.9. The Hall–Kier alpha value is -0.830. The van der Waals surface area contributed by atoms with Gasteiger partial charge in [-0.3, -0.25) is 4.79 Å². The van der Waals surface area contributed by atoms with Gasteiger partial charge in [-0.05, 0) is 25.8 Å². The lowest BCUT2D eigenvalue weighted by Crippen LogP contribution is -2.45. The highest BCUT2D eigenvalue weighted by Crippen LogP contribution is 2.25. The minimum absolute atomic E-state index is 0.337. The lowest BCUT2D eigenvalue weighted by molar-refractivity contribution is -0.130. The molecule has 0 aromatic heterocycles. The standard InChI is InChI=1S/C14H24N2O/c1-3-7-15-8-5-13(6-9-15)16-11-12(4-2)10-14(16)17/h4,12-13H,2-3,5-11H2,1H3. The Balaban J connectivity index is 1.84. The molecule has 3 heteroatoms. The van der Waals surface area contributed by atoms with E-state index in [1.807, 2.05) is 6.08 Å². The summed E-state index contributed by atoms with van der Waals surface area (Å²) in [7, 11) is 0. The first-order chi connectivity index (χ1) is 8.24. The molecule has 2 fully saturated rings. The molecular formula is C14H24N2O. The quantitative estimate of drug-likeness (QED) is 0.696. The van der Waals surface area contributed by atoms with E-state index >= 15 is 0 Å². The summed E-state index contributed by atoms with van der Waals surface area (Å²) in [5.74, 6) is 0.722. The van der Waals surface area contributed by atoms with Crippen molar-refractivity contribution in [2.24, 2.45) is 5.92 Å². The van der Waals surface area contributed by atoms with Crippen molar-refractivity contribution in [1.82, 2.24) is 9.80 Å². The van der Waals surface area contributed by atoms with Gasteiger partial charge in [0, 0.05) is 38.0 Å². The molecule has 0 N–H and O–H groups in total. The lowest BCUT2D eigenvalue weighted by Gasteiger charge is -2.36. The summed E-state index contributed by atoms with van der Waals surface area (Å²) in [6.45, 7) is 10.4. The highest BCUT2D eigenvalue weighted by atomic mass is 16.2. The topological polar surface area (TPSA) is 23.6 Å². The lowest BCUT2D eigenvalue weighted by atomic mass is 10.0. The average molecular weight is 236 g/mol. The molecule has 0 aromatic rings. The van der Waals surface area contributed by atoms with Gasteiger partial charge in [0.05, 0.1) is 0 Å². The Morgan fingerprint density at radius 3 is 2.65 bits per heavy atom. The molecule has 1 atom stereocenters. The first kappa shape index (κ1) is 12.6. The minimum Gasteiger partial charge on any atom is -0.339 e. The zero-order valence-electron chi connectivity index (χ0n) is 10.9. The Labute approximate surface area is 104 Å². The van der Waals surface area contributed by atoms with Crippen molar-refractivity contribution < 1.29 is 4.79 Å². The summed E-state index contributed by atoms with van der Waals surface area (Å²) in [4.78, 5) is 16.5. The van der Waals surface area contributed by atoms with Crippen LogP contribution in [0.1, 0.15) is 32.6 Å². The number of hydrogen-bond acceptors (Lipinski definition) is 2. The van der Waals surface area contributed by atoms with Gasteiger partial charge in [0.25, 0.3) is 0 Å². The van der Waals surface area contributed by atoms with Crippen LogP contribution >= 0.6 is 0 Å². The predicted octanol–water partition coefficient (Wildman–Crippen LogP) is 1.90. The fourth-order valence-electron chi connectivity index (χ4n) is 3.04. The van der Waals surface area contributed by atoms with Gasteiger partial charge in [0.1, 0.15) is 0 Å². The van der Waals surface area contributed by atoms with E-state index in [4.69, 9.17) is 0 Å². The van der Waals surface area contributed by atoms with Crippen molar-refractivity contribution in [1.29, 1.82) is 0 Å². The first-order valence-electron chi connectivity index (χ1n) is 6.89. The molecule has 2 rings (SSSR count). The van der Waals surface area contributed by atoms with E-state index in [0.29, 0.717) is 24.3 Å². The summed E-state index contributed by atoms with van der Waals surface area (Å²) in [5, 5.41) is 0. The van der Waals surface area contributed by atoms with E-state index in [9.17, 15) is 4.79 Å². The second-order valence-electron chi connectivity index (χ2n) is 5.32. The monoisotopic (exact) mass is 236 g/mol. The summed E-state index contributed by atoms with van der Waals surface area (Å²) < 4.78 is 0. The summed E-state index contributed by atoms with van der Waals surface area (Å²) in [6, 6.07) is 0.487. The van der Waals surface area contributed by atoms with Crippen molar-refractivity contribution >= 4 is 5.91 Å². The van der Waals surface area contributed by atoms with Crippen LogP contribution in [0, 0.1) is 5.92 Å². The Kier molecular flexibility index (Phi) is 4.21. The molecule has 96 valence electrons. The van der Waals surface area contributed by atoms with Crippen LogP contribution in [0.5, 0.6) is 0 Å². The molecule has 0 radical (unpaired) electrons. The Morgan fingerprint density at radius 2 is 2.12 bits per heavy atom.